The van der Waals surface area contributed by atoms with Gasteiger partial charge in [-0.25, -0.2) is 4.79 Å². The molecule has 1 atom stereocenters. The summed E-state index contributed by atoms with van der Waals surface area (Å²) in [6.45, 7) is 0.447. The van der Waals surface area contributed by atoms with E-state index in [1.807, 2.05) is 0 Å². The number of benzene rings is 1. The van der Waals surface area contributed by atoms with E-state index in [0.717, 1.165) is 13.0 Å². The van der Waals surface area contributed by atoms with Gasteiger partial charge in [0.05, 0.1) is 11.5 Å². The first-order valence-electron chi connectivity index (χ1n) is 5.23. The molecule has 1 aromatic carbocycles. The highest BCUT2D eigenvalue weighted by Crippen LogP contribution is 2.17. The maximum atomic E-state index is 11.7. The van der Waals surface area contributed by atoms with Crippen LogP contribution in [0.1, 0.15) is 17.3 Å². The fourth-order valence-electron chi connectivity index (χ4n) is 1.25. The van der Waals surface area contributed by atoms with Gasteiger partial charge in [-0.1, -0.05) is 12.1 Å². The lowest BCUT2D eigenvalue weighted by Gasteiger charge is -2.18. The van der Waals surface area contributed by atoms with Gasteiger partial charge in [-0.05, 0) is 13.0 Å². The number of nitro benzene ring substituents is 1. The molecule has 0 saturated heterocycles. The quantitative estimate of drug-likeness (QED) is 0.515. The molecular weight excluding hydrogens is 256 g/mol. The van der Waals surface area contributed by atoms with Crippen LogP contribution in [0.5, 0.6) is 0 Å². The van der Waals surface area contributed by atoms with Crippen LogP contribution in [-0.4, -0.2) is 39.2 Å². The Kier molecular flexibility index (Phi) is 4.18. The van der Waals surface area contributed by atoms with Gasteiger partial charge in [0.25, 0.3) is 11.6 Å². The molecule has 0 radical (unpaired) electrons. The Labute approximate surface area is 107 Å². The minimum absolute atomic E-state index is 0.200. The van der Waals surface area contributed by atoms with Gasteiger partial charge in [0.15, 0.2) is 5.60 Å². The van der Waals surface area contributed by atoms with Crippen molar-refractivity contribution < 1.29 is 24.7 Å². The minimum Gasteiger partial charge on any atom is -0.479 e. The Morgan fingerprint density at radius 1 is 1.42 bits per heavy atom. The molecule has 0 aliphatic heterocycles. The molecule has 0 heterocycles. The van der Waals surface area contributed by atoms with Crippen LogP contribution in [0.2, 0.25) is 0 Å². The number of para-hydroxylation sites is 1. The Morgan fingerprint density at radius 2 is 2.00 bits per heavy atom. The number of nitro groups is 1. The topological polar surface area (TPSA) is 130 Å². The van der Waals surface area contributed by atoms with Gasteiger partial charge >= 0.3 is 5.97 Å². The van der Waals surface area contributed by atoms with Crippen molar-refractivity contribution in [3.63, 3.8) is 0 Å². The van der Waals surface area contributed by atoms with E-state index in [0.29, 0.717) is 0 Å². The van der Waals surface area contributed by atoms with Crippen LogP contribution in [0.3, 0.4) is 0 Å². The van der Waals surface area contributed by atoms with Crippen LogP contribution in [-0.2, 0) is 4.79 Å². The van der Waals surface area contributed by atoms with Crippen molar-refractivity contribution in [3.05, 3.63) is 39.9 Å². The Balaban J connectivity index is 2.86. The van der Waals surface area contributed by atoms with E-state index in [4.69, 9.17) is 5.11 Å². The molecule has 1 aromatic rings. The van der Waals surface area contributed by atoms with Crippen LogP contribution in [0, 0.1) is 10.1 Å². The van der Waals surface area contributed by atoms with Crippen molar-refractivity contribution >= 4 is 17.6 Å². The first kappa shape index (κ1) is 14.6. The standard InChI is InChI=1S/C11H12N2O6/c1-11(17,10(15)16)6-12-9(14)7-4-2-3-5-8(7)13(18)19/h2-5,17H,6H2,1H3,(H,12,14)(H,15,16). The lowest BCUT2D eigenvalue weighted by atomic mass is 10.1. The smallest absolute Gasteiger partial charge is 0.337 e. The van der Waals surface area contributed by atoms with Crippen molar-refractivity contribution in [2.24, 2.45) is 0 Å². The number of nitrogens with zero attached hydrogens (tertiary/aromatic N) is 1. The van der Waals surface area contributed by atoms with Gasteiger partial charge in [0.1, 0.15) is 5.56 Å². The maximum Gasteiger partial charge on any atom is 0.337 e. The number of amides is 1. The number of carbonyl (C=O) groups excluding carboxylic acids is 1. The number of aliphatic hydroxyl groups is 1. The highest BCUT2D eigenvalue weighted by Gasteiger charge is 2.31. The molecule has 8 heteroatoms. The first-order valence-corrected chi connectivity index (χ1v) is 5.23. The molecule has 8 nitrogen and oxygen atoms in total. The van der Waals surface area contributed by atoms with Gasteiger partial charge in [0, 0.05) is 6.07 Å². The molecule has 0 spiro atoms. The number of hydrogen-bond acceptors (Lipinski definition) is 5. The van der Waals surface area contributed by atoms with Crippen LogP contribution in [0.15, 0.2) is 24.3 Å². The summed E-state index contributed by atoms with van der Waals surface area (Å²) in [7, 11) is 0. The van der Waals surface area contributed by atoms with E-state index in [1.165, 1.54) is 18.2 Å². The Bertz CT molecular complexity index is 526. The second kappa shape index (κ2) is 5.44. The highest BCUT2D eigenvalue weighted by atomic mass is 16.6. The third kappa shape index (κ3) is 3.49. The largest absolute Gasteiger partial charge is 0.479 e. The predicted molar refractivity (Wildman–Crippen MR) is 63.7 cm³/mol. The molecule has 102 valence electrons. The number of aliphatic carboxylic acids is 1. The summed E-state index contributed by atoms with van der Waals surface area (Å²) in [6, 6.07) is 5.24. The summed E-state index contributed by atoms with van der Waals surface area (Å²) >= 11 is 0. The molecule has 0 aromatic heterocycles. The SMILES string of the molecule is CC(O)(CNC(=O)c1ccccc1[N+](=O)[O-])C(=O)O. The molecule has 0 aliphatic rings. The van der Waals surface area contributed by atoms with Gasteiger partial charge in [-0.3, -0.25) is 14.9 Å². The van der Waals surface area contributed by atoms with E-state index in [2.05, 4.69) is 5.32 Å². The van der Waals surface area contributed by atoms with Gasteiger partial charge < -0.3 is 15.5 Å². The lowest BCUT2D eigenvalue weighted by Crippen LogP contribution is -2.46. The minimum atomic E-state index is -2.14. The van der Waals surface area contributed by atoms with Crippen molar-refractivity contribution in [2.45, 2.75) is 12.5 Å². The van der Waals surface area contributed by atoms with Crippen LogP contribution in [0.25, 0.3) is 0 Å². The molecular formula is C11H12N2O6. The van der Waals surface area contributed by atoms with Crippen molar-refractivity contribution in [1.82, 2.24) is 5.32 Å². The summed E-state index contributed by atoms with van der Waals surface area (Å²) in [5.41, 5.74) is -2.73. The molecule has 1 amide bonds. The molecule has 0 bridgehead atoms. The molecule has 19 heavy (non-hydrogen) atoms. The fourth-order valence-corrected chi connectivity index (χ4v) is 1.25. The van der Waals surface area contributed by atoms with Crippen LogP contribution >= 0.6 is 0 Å². The number of nitrogens with one attached hydrogen (secondary N) is 1. The van der Waals surface area contributed by atoms with E-state index in [9.17, 15) is 24.8 Å². The van der Waals surface area contributed by atoms with Crippen LogP contribution in [0.4, 0.5) is 5.69 Å². The number of carboxylic acids is 1. The van der Waals surface area contributed by atoms with Crippen molar-refractivity contribution in [3.8, 4) is 0 Å². The Morgan fingerprint density at radius 3 is 2.53 bits per heavy atom. The normalized spacial score (nSPS) is 13.4. The second-order valence-corrected chi connectivity index (χ2v) is 4.04. The van der Waals surface area contributed by atoms with E-state index < -0.39 is 34.6 Å². The lowest BCUT2D eigenvalue weighted by molar-refractivity contribution is -0.385. The summed E-state index contributed by atoms with van der Waals surface area (Å²) < 4.78 is 0. The van der Waals surface area contributed by atoms with Gasteiger partial charge in [-0.15, -0.1) is 0 Å². The summed E-state index contributed by atoms with van der Waals surface area (Å²) in [5.74, 6) is -2.33. The highest BCUT2D eigenvalue weighted by molar-refractivity contribution is 5.98. The van der Waals surface area contributed by atoms with Crippen molar-refractivity contribution in [1.29, 1.82) is 0 Å². The van der Waals surface area contributed by atoms with Crippen LogP contribution < -0.4 is 5.32 Å². The van der Waals surface area contributed by atoms with E-state index >= 15 is 0 Å². The summed E-state index contributed by atoms with van der Waals surface area (Å²) in [4.78, 5) is 32.4. The van der Waals surface area contributed by atoms with Crippen molar-refractivity contribution in [2.75, 3.05) is 6.54 Å². The molecule has 1 rings (SSSR count). The summed E-state index contributed by atoms with van der Waals surface area (Å²) in [5, 5.41) is 30.9. The zero-order valence-corrected chi connectivity index (χ0v) is 9.99. The predicted octanol–water partition coefficient (Wildman–Crippen LogP) is 0.160. The average Bonchev–Trinajstić information content (AvgIpc) is 2.35. The monoisotopic (exact) mass is 268 g/mol. The number of hydrogen-bond donors (Lipinski definition) is 3. The zero-order valence-electron chi connectivity index (χ0n) is 9.99. The van der Waals surface area contributed by atoms with E-state index in [1.54, 1.807) is 0 Å². The molecule has 0 saturated carbocycles. The first-order chi connectivity index (χ1) is 8.75. The second-order valence-electron chi connectivity index (χ2n) is 4.04. The molecule has 3 N–H and O–H groups in total. The van der Waals surface area contributed by atoms with Gasteiger partial charge in [-0.2, -0.15) is 0 Å². The number of carboxylic acid groups (broad SMARTS) is 1. The zero-order chi connectivity index (χ0) is 14.6. The Hall–Kier alpha value is -2.48. The number of rotatable bonds is 5. The number of carbonyl (C=O) groups is 2. The third-order valence-corrected chi connectivity index (χ3v) is 2.40. The summed E-state index contributed by atoms with van der Waals surface area (Å²) in [6.07, 6.45) is 0. The van der Waals surface area contributed by atoms with Gasteiger partial charge in [0.2, 0.25) is 0 Å². The molecule has 0 fully saturated rings. The maximum absolute atomic E-state index is 11.7. The molecule has 0 aliphatic carbocycles. The third-order valence-electron chi connectivity index (χ3n) is 2.40. The average molecular weight is 268 g/mol. The molecule has 1 unspecified atom stereocenters. The fraction of sp³-hybridized carbons (Fsp3) is 0.273. The van der Waals surface area contributed by atoms with E-state index in [-0.39, 0.29) is 5.56 Å².